The van der Waals surface area contributed by atoms with Crippen LogP contribution in [0.25, 0.3) is 0 Å². The maximum absolute atomic E-state index is 10.1. The first kappa shape index (κ1) is 16.7. The van der Waals surface area contributed by atoms with Crippen molar-refractivity contribution < 1.29 is 44.5 Å². The second kappa shape index (κ2) is 5.89. The predicted molar refractivity (Wildman–Crippen MR) is 75.2 cm³/mol. The first-order valence-electron chi connectivity index (χ1n) is 8.08. The molecular formula is C15H22O9. The van der Waals surface area contributed by atoms with Crippen LogP contribution in [-0.2, 0) is 18.9 Å². The van der Waals surface area contributed by atoms with E-state index in [0.29, 0.717) is 0 Å². The molecule has 0 aromatic heterocycles. The highest BCUT2D eigenvalue weighted by atomic mass is 16.8. The Morgan fingerprint density at radius 3 is 2.58 bits per heavy atom. The van der Waals surface area contributed by atoms with Gasteiger partial charge in [0, 0.05) is 0 Å². The van der Waals surface area contributed by atoms with Crippen LogP contribution in [0.5, 0.6) is 0 Å². The van der Waals surface area contributed by atoms with E-state index in [0.717, 1.165) is 6.42 Å². The molecular weight excluding hydrogens is 324 g/mol. The quantitative estimate of drug-likeness (QED) is 0.348. The zero-order chi connectivity index (χ0) is 17.1. The van der Waals surface area contributed by atoms with E-state index in [1.807, 2.05) is 6.08 Å². The van der Waals surface area contributed by atoms with Gasteiger partial charge in [0.15, 0.2) is 6.29 Å². The summed E-state index contributed by atoms with van der Waals surface area (Å²) in [4.78, 5) is 0. The normalized spacial score (nSPS) is 55.6. The smallest absolute Gasteiger partial charge is 0.208 e. The Morgan fingerprint density at radius 2 is 1.88 bits per heavy atom. The van der Waals surface area contributed by atoms with E-state index in [2.05, 4.69) is 0 Å². The van der Waals surface area contributed by atoms with E-state index in [1.165, 1.54) is 6.26 Å². The monoisotopic (exact) mass is 346 g/mol. The molecule has 24 heavy (non-hydrogen) atoms. The summed E-state index contributed by atoms with van der Waals surface area (Å²) in [5.74, 6) is -0.163. The molecule has 136 valence electrons. The highest BCUT2D eigenvalue weighted by molar-refractivity contribution is 5.20. The van der Waals surface area contributed by atoms with Crippen LogP contribution in [0.1, 0.15) is 6.42 Å². The predicted octanol–water partition coefficient (Wildman–Crippen LogP) is -2.56. The zero-order valence-corrected chi connectivity index (χ0v) is 12.8. The molecule has 4 aliphatic rings. The summed E-state index contributed by atoms with van der Waals surface area (Å²) < 4.78 is 22.2. The molecule has 9 heteroatoms. The molecule has 0 aromatic carbocycles. The van der Waals surface area contributed by atoms with Gasteiger partial charge in [0.05, 0.1) is 31.5 Å². The Hall–Kier alpha value is -0.780. The number of aliphatic hydroxyl groups is 5. The van der Waals surface area contributed by atoms with Crippen LogP contribution in [-0.4, -0.2) is 87.4 Å². The van der Waals surface area contributed by atoms with E-state index in [4.69, 9.17) is 18.9 Å². The molecule has 0 spiro atoms. The maximum atomic E-state index is 10.1. The van der Waals surface area contributed by atoms with Crippen molar-refractivity contribution in [2.24, 2.45) is 11.8 Å². The average Bonchev–Trinajstić information content (AvgIpc) is 3.20. The Labute approximate surface area is 138 Å². The number of ether oxygens (including phenoxy) is 4. The summed E-state index contributed by atoms with van der Waals surface area (Å²) in [7, 11) is 0. The van der Waals surface area contributed by atoms with E-state index in [9.17, 15) is 25.5 Å². The minimum Gasteiger partial charge on any atom is -0.472 e. The molecule has 10 atom stereocenters. The van der Waals surface area contributed by atoms with Gasteiger partial charge in [-0.3, -0.25) is 0 Å². The summed E-state index contributed by atoms with van der Waals surface area (Å²) in [5, 5.41) is 48.7. The van der Waals surface area contributed by atoms with Crippen LogP contribution in [0, 0.1) is 11.8 Å². The average molecular weight is 346 g/mol. The van der Waals surface area contributed by atoms with Gasteiger partial charge in [-0.25, -0.2) is 0 Å². The SMILES string of the molecule is OCC1OC(OC2OC=CC3CC4OC4(CO)C32)C(O)C(O)C1O. The fraction of sp³-hybridized carbons (Fsp3) is 0.867. The van der Waals surface area contributed by atoms with Crippen LogP contribution in [0.3, 0.4) is 0 Å². The van der Waals surface area contributed by atoms with Crippen LogP contribution < -0.4 is 0 Å². The summed E-state index contributed by atoms with van der Waals surface area (Å²) >= 11 is 0. The fourth-order valence-electron chi connectivity index (χ4n) is 4.14. The summed E-state index contributed by atoms with van der Waals surface area (Å²) in [6, 6.07) is 0. The number of allylic oxidation sites excluding steroid dienone is 1. The zero-order valence-electron chi connectivity index (χ0n) is 12.8. The number of epoxide rings is 1. The van der Waals surface area contributed by atoms with E-state index in [1.54, 1.807) is 0 Å². The Morgan fingerprint density at radius 1 is 1.08 bits per heavy atom. The maximum Gasteiger partial charge on any atom is 0.208 e. The molecule has 3 aliphatic heterocycles. The van der Waals surface area contributed by atoms with Crippen LogP contribution in [0.15, 0.2) is 12.3 Å². The molecule has 0 aromatic rings. The molecule has 1 saturated carbocycles. The van der Waals surface area contributed by atoms with Gasteiger partial charge in [-0.2, -0.15) is 0 Å². The molecule has 4 rings (SSSR count). The second-order valence-electron chi connectivity index (χ2n) is 6.81. The number of hydrogen-bond acceptors (Lipinski definition) is 9. The Kier molecular flexibility index (Phi) is 4.09. The summed E-state index contributed by atoms with van der Waals surface area (Å²) in [6.07, 6.45) is -3.55. The summed E-state index contributed by atoms with van der Waals surface area (Å²) in [6.45, 7) is -0.696. The molecule has 3 heterocycles. The lowest BCUT2D eigenvalue weighted by atomic mass is 9.86. The molecule has 0 amide bonds. The van der Waals surface area contributed by atoms with Crippen molar-refractivity contribution in [1.82, 2.24) is 0 Å². The Balaban J connectivity index is 1.51. The third-order valence-electron chi connectivity index (χ3n) is 5.56. The second-order valence-corrected chi connectivity index (χ2v) is 6.81. The van der Waals surface area contributed by atoms with E-state index >= 15 is 0 Å². The lowest BCUT2D eigenvalue weighted by molar-refractivity contribution is -0.343. The molecule has 1 aliphatic carbocycles. The van der Waals surface area contributed by atoms with E-state index < -0.39 is 49.2 Å². The lowest BCUT2D eigenvalue weighted by Crippen LogP contribution is -2.60. The highest BCUT2D eigenvalue weighted by Gasteiger charge is 2.71. The van der Waals surface area contributed by atoms with Crippen molar-refractivity contribution in [3.8, 4) is 0 Å². The van der Waals surface area contributed by atoms with Crippen LogP contribution in [0.2, 0.25) is 0 Å². The van der Waals surface area contributed by atoms with E-state index in [-0.39, 0.29) is 24.5 Å². The van der Waals surface area contributed by atoms with Crippen molar-refractivity contribution in [2.75, 3.05) is 13.2 Å². The lowest BCUT2D eigenvalue weighted by Gasteiger charge is -2.42. The van der Waals surface area contributed by atoms with Gasteiger partial charge in [0.2, 0.25) is 6.29 Å². The van der Waals surface area contributed by atoms with Crippen LogP contribution >= 0.6 is 0 Å². The number of fused-ring (bicyclic) bond motifs is 3. The van der Waals surface area contributed by atoms with Gasteiger partial charge in [-0.05, 0) is 18.4 Å². The minimum atomic E-state index is -1.52. The van der Waals surface area contributed by atoms with Gasteiger partial charge < -0.3 is 44.5 Å². The summed E-state index contributed by atoms with van der Waals surface area (Å²) in [5.41, 5.74) is -0.714. The first-order chi connectivity index (χ1) is 11.5. The van der Waals surface area contributed by atoms with Gasteiger partial charge in [0.25, 0.3) is 0 Å². The Bertz CT molecular complexity index is 507. The molecule has 0 bridgehead atoms. The van der Waals surface area contributed by atoms with Gasteiger partial charge in [-0.1, -0.05) is 0 Å². The van der Waals surface area contributed by atoms with Crippen molar-refractivity contribution >= 4 is 0 Å². The molecule has 2 saturated heterocycles. The molecule has 5 N–H and O–H groups in total. The van der Waals surface area contributed by atoms with Gasteiger partial charge in [-0.15, -0.1) is 0 Å². The number of rotatable bonds is 4. The van der Waals surface area contributed by atoms with Crippen molar-refractivity contribution in [3.05, 3.63) is 12.3 Å². The topological polar surface area (TPSA) is 141 Å². The highest BCUT2D eigenvalue weighted by Crippen LogP contribution is 2.59. The fourth-order valence-corrected chi connectivity index (χ4v) is 4.14. The van der Waals surface area contributed by atoms with Crippen LogP contribution in [0.4, 0.5) is 0 Å². The number of aliphatic hydroxyl groups excluding tert-OH is 5. The number of hydrogen-bond donors (Lipinski definition) is 5. The van der Waals surface area contributed by atoms with Crippen molar-refractivity contribution in [2.45, 2.75) is 55.1 Å². The molecule has 10 unspecified atom stereocenters. The first-order valence-corrected chi connectivity index (χ1v) is 8.08. The third kappa shape index (κ3) is 2.31. The third-order valence-corrected chi connectivity index (χ3v) is 5.56. The van der Waals surface area contributed by atoms with Crippen molar-refractivity contribution in [3.63, 3.8) is 0 Å². The van der Waals surface area contributed by atoms with Crippen molar-refractivity contribution in [1.29, 1.82) is 0 Å². The van der Waals surface area contributed by atoms with Gasteiger partial charge >= 0.3 is 0 Å². The largest absolute Gasteiger partial charge is 0.472 e. The van der Waals surface area contributed by atoms with Gasteiger partial charge in [0.1, 0.15) is 30.0 Å². The molecule has 0 radical (unpaired) electrons. The standard InChI is InChI=1S/C15H22O9/c16-4-7-10(18)11(19)12(20)14(22-7)23-13-9-6(1-2-21-13)3-8-15(9,5-17)24-8/h1-2,6-14,16-20H,3-5H2. The minimum absolute atomic E-state index is 0.0512. The molecule has 3 fully saturated rings. The molecule has 9 nitrogen and oxygen atoms in total.